The Balaban J connectivity index is 1.67. The van der Waals surface area contributed by atoms with Gasteiger partial charge in [-0.1, -0.05) is 26.0 Å². The molecule has 31 heavy (non-hydrogen) atoms. The van der Waals surface area contributed by atoms with Crippen LogP contribution in [0, 0.1) is 0 Å². The average Bonchev–Trinajstić information content (AvgIpc) is 3.09. The molecule has 0 spiro atoms. The summed E-state index contributed by atoms with van der Waals surface area (Å²) in [6.45, 7) is 6.78. The first-order valence-electron chi connectivity index (χ1n) is 10.2. The number of hydrogen-bond donors (Lipinski definition) is 2. The van der Waals surface area contributed by atoms with Crippen molar-refractivity contribution in [2.24, 2.45) is 5.73 Å². The highest BCUT2D eigenvalue weighted by Crippen LogP contribution is 2.37. The third kappa shape index (κ3) is 5.35. The number of nitrogens with two attached hydrogens (primary N) is 1. The van der Waals surface area contributed by atoms with Crippen LogP contribution in [0.25, 0.3) is 0 Å². The molecule has 0 unspecified atom stereocenters. The lowest BCUT2D eigenvalue weighted by Crippen LogP contribution is -2.36. The van der Waals surface area contributed by atoms with Crippen LogP contribution in [0.15, 0.2) is 24.3 Å². The quantitative estimate of drug-likeness (QED) is 0.678. The van der Waals surface area contributed by atoms with E-state index < -0.39 is 17.9 Å². The predicted molar refractivity (Wildman–Crippen MR) is 119 cm³/mol. The van der Waals surface area contributed by atoms with E-state index in [4.69, 9.17) is 15.2 Å². The average molecular weight is 446 g/mol. The maximum Gasteiger partial charge on any atom is 0.410 e. The Hall–Kier alpha value is -3.07. The molecule has 1 aromatic carbocycles. The van der Waals surface area contributed by atoms with Gasteiger partial charge in [-0.05, 0) is 42.5 Å². The maximum atomic E-state index is 12.4. The normalized spacial score (nSPS) is 13.0. The molecule has 8 nitrogen and oxygen atoms in total. The minimum atomic E-state index is -0.609. The molecule has 166 valence electrons. The number of hydrogen-bond acceptors (Lipinski definition) is 6. The standard InChI is InChI=1S/C22H27N3O5S/c1-4-29-22(28)25-10-9-16-17(11-25)31-21(19(16)20(23)27)24-18(26)12-30-15-7-5-14(6-8-15)13(2)3/h5-8,13H,4,9-12H2,1-3H3,(H2,23,27)(H,24,26). The number of primary amides is 1. The summed E-state index contributed by atoms with van der Waals surface area (Å²) in [5.74, 6) is -0.00160. The molecule has 0 aliphatic carbocycles. The van der Waals surface area contributed by atoms with Gasteiger partial charge in [0.2, 0.25) is 0 Å². The fourth-order valence-corrected chi connectivity index (χ4v) is 4.67. The van der Waals surface area contributed by atoms with Crippen molar-refractivity contribution < 1.29 is 23.9 Å². The van der Waals surface area contributed by atoms with Gasteiger partial charge in [-0.25, -0.2) is 4.79 Å². The molecular weight excluding hydrogens is 418 g/mol. The van der Waals surface area contributed by atoms with E-state index in [-0.39, 0.29) is 6.61 Å². The molecule has 2 aromatic rings. The Morgan fingerprint density at radius 1 is 1.23 bits per heavy atom. The summed E-state index contributed by atoms with van der Waals surface area (Å²) in [5.41, 5.74) is 7.85. The van der Waals surface area contributed by atoms with Crippen LogP contribution in [0.2, 0.25) is 0 Å². The Morgan fingerprint density at radius 3 is 2.55 bits per heavy atom. The number of carbonyl (C=O) groups is 3. The zero-order valence-corrected chi connectivity index (χ0v) is 18.7. The molecule has 1 aromatic heterocycles. The molecule has 0 saturated carbocycles. The van der Waals surface area contributed by atoms with Gasteiger partial charge in [-0.3, -0.25) is 9.59 Å². The fraction of sp³-hybridized carbons (Fsp3) is 0.409. The Morgan fingerprint density at radius 2 is 1.94 bits per heavy atom. The second-order valence-corrected chi connectivity index (χ2v) is 8.61. The lowest BCUT2D eigenvalue weighted by molar-refractivity contribution is -0.118. The van der Waals surface area contributed by atoms with E-state index >= 15 is 0 Å². The molecule has 2 heterocycles. The molecule has 0 saturated heterocycles. The number of benzene rings is 1. The van der Waals surface area contributed by atoms with Crippen molar-refractivity contribution in [1.82, 2.24) is 4.90 Å². The van der Waals surface area contributed by atoms with E-state index in [2.05, 4.69) is 19.2 Å². The molecule has 3 rings (SSSR count). The monoisotopic (exact) mass is 445 g/mol. The Kier molecular flexibility index (Phi) is 7.17. The Bertz CT molecular complexity index is 968. The van der Waals surface area contributed by atoms with Crippen molar-refractivity contribution in [1.29, 1.82) is 0 Å². The van der Waals surface area contributed by atoms with Crippen LogP contribution in [-0.2, 0) is 22.5 Å². The third-order valence-corrected chi connectivity index (χ3v) is 6.13. The smallest absolute Gasteiger partial charge is 0.410 e. The second-order valence-electron chi connectivity index (χ2n) is 7.50. The largest absolute Gasteiger partial charge is 0.484 e. The first-order valence-corrected chi connectivity index (χ1v) is 11.0. The van der Waals surface area contributed by atoms with Gasteiger partial charge in [0, 0.05) is 11.4 Å². The molecule has 0 bridgehead atoms. The van der Waals surface area contributed by atoms with Crippen molar-refractivity contribution in [3.63, 3.8) is 0 Å². The van der Waals surface area contributed by atoms with Crippen molar-refractivity contribution >= 4 is 34.2 Å². The zero-order chi connectivity index (χ0) is 22.5. The first-order chi connectivity index (χ1) is 14.8. The second kappa shape index (κ2) is 9.82. The highest BCUT2D eigenvalue weighted by Gasteiger charge is 2.30. The molecular formula is C22H27N3O5S. The topological polar surface area (TPSA) is 111 Å². The SMILES string of the molecule is CCOC(=O)N1CCc2c(sc(NC(=O)COc3ccc(C(C)C)cc3)c2C(N)=O)C1. The van der Waals surface area contributed by atoms with Crippen molar-refractivity contribution in [2.45, 2.75) is 39.7 Å². The van der Waals surface area contributed by atoms with Gasteiger partial charge in [0.1, 0.15) is 10.8 Å². The van der Waals surface area contributed by atoms with Gasteiger partial charge >= 0.3 is 6.09 Å². The van der Waals surface area contributed by atoms with E-state index in [1.54, 1.807) is 11.8 Å². The van der Waals surface area contributed by atoms with Crippen LogP contribution in [-0.4, -0.2) is 42.6 Å². The molecule has 0 radical (unpaired) electrons. The molecule has 3 amide bonds. The number of ether oxygens (including phenoxy) is 2. The van der Waals surface area contributed by atoms with Gasteiger partial charge in [-0.15, -0.1) is 11.3 Å². The highest BCUT2D eigenvalue weighted by atomic mass is 32.1. The van der Waals surface area contributed by atoms with Crippen LogP contribution >= 0.6 is 11.3 Å². The van der Waals surface area contributed by atoms with Crippen LogP contribution in [0.5, 0.6) is 5.75 Å². The van der Waals surface area contributed by atoms with E-state index in [0.29, 0.717) is 48.3 Å². The molecule has 3 N–H and O–H groups in total. The summed E-state index contributed by atoms with van der Waals surface area (Å²) in [4.78, 5) is 38.9. The number of anilines is 1. The van der Waals surface area contributed by atoms with Crippen LogP contribution < -0.4 is 15.8 Å². The maximum absolute atomic E-state index is 12.4. The number of thiophene rings is 1. The molecule has 0 atom stereocenters. The summed E-state index contributed by atoms with van der Waals surface area (Å²) in [6, 6.07) is 7.58. The van der Waals surface area contributed by atoms with Gasteiger partial charge in [-0.2, -0.15) is 0 Å². The molecule has 1 aliphatic heterocycles. The third-order valence-electron chi connectivity index (χ3n) is 5.00. The number of carbonyl (C=O) groups excluding carboxylic acids is 3. The Labute approximate surface area is 185 Å². The summed E-state index contributed by atoms with van der Waals surface area (Å²) >= 11 is 1.25. The highest BCUT2D eigenvalue weighted by molar-refractivity contribution is 7.17. The number of fused-ring (bicyclic) bond motifs is 1. The van der Waals surface area contributed by atoms with Gasteiger partial charge in [0.15, 0.2) is 6.61 Å². The van der Waals surface area contributed by atoms with Crippen molar-refractivity contribution in [3.05, 3.63) is 45.8 Å². The zero-order valence-electron chi connectivity index (χ0n) is 17.9. The van der Waals surface area contributed by atoms with E-state index in [1.807, 2.05) is 24.3 Å². The molecule has 9 heteroatoms. The number of amides is 3. The minimum Gasteiger partial charge on any atom is -0.484 e. The molecule has 0 fully saturated rings. The van der Waals surface area contributed by atoms with Gasteiger partial charge in [0.05, 0.1) is 18.7 Å². The van der Waals surface area contributed by atoms with Crippen molar-refractivity contribution in [2.75, 3.05) is 25.1 Å². The van der Waals surface area contributed by atoms with Crippen molar-refractivity contribution in [3.8, 4) is 5.75 Å². The lowest BCUT2D eigenvalue weighted by Gasteiger charge is -2.26. The summed E-state index contributed by atoms with van der Waals surface area (Å²) < 4.78 is 10.6. The van der Waals surface area contributed by atoms with E-state index in [1.165, 1.54) is 16.9 Å². The van der Waals surface area contributed by atoms with E-state index in [0.717, 1.165) is 10.4 Å². The molecule has 1 aliphatic rings. The number of nitrogens with one attached hydrogen (secondary N) is 1. The van der Waals surface area contributed by atoms with Gasteiger partial charge < -0.3 is 25.4 Å². The van der Waals surface area contributed by atoms with E-state index in [9.17, 15) is 14.4 Å². The van der Waals surface area contributed by atoms with Crippen LogP contribution in [0.3, 0.4) is 0 Å². The predicted octanol–water partition coefficient (Wildman–Crippen LogP) is 3.50. The lowest BCUT2D eigenvalue weighted by atomic mass is 10.0. The fourth-order valence-electron chi connectivity index (χ4n) is 3.38. The van der Waals surface area contributed by atoms with Crippen LogP contribution in [0.4, 0.5) is 9.80 Å². The number of nitrogens with zero attached hydrogens (tertiary/aromatic N) is 1. The minimum absolute atomic E-state index is 0.198. The first kappa shape index (κ1) is 22.6. The van der Waals surface area contributed by atoms with Crippen LogP contribution in [0.1, 0.15) is 53.1 Å². The summed E-state index contributed by atoms with van der Waals surface area (Å²) in [7, 11) is 0. The summed E-state index contributed by atoms with van der Waals surface area (Å²) in [5, 5.41) is 3.12. The summed E-state index contributed by atoms with van der Waals surface area (Å²) in [6.07, 6.45) is 0.0713. The van der Waals surface area contributed by atoms with Gasteiger partial charge in [0.25, 0.3) is 11.8 Å². The number of rotatable bonds is 7.